The standard InChI is InChI=1S/C3H6NO2S/c1-2(7)6-3(4)5/h2H,1H3,(H2,4,5). The third kappa shape index (κ3) is 5.62. The summed E-state index contributed by atoms with van der Waals surface area (Å²) in [6, 6.07) is 0. The number of hydrogen-bond donors (Lipinski definition) is 1. The average Bonchev–Trinajstić information content (AvgIpc) is 1.27. The Morgan fingerprint density at radius 1 is 2.00 bits per heavy atom. The van der Waals surface area contributed by atoms with Gasteiger partial charge in [-0.25, -0.2) is 4.79 Å². The van der Waals surface area contributed by atoms with Crippen LogP contribution in [0.5, 0.6) is 0 Å². The van der Waals surface area contributed by atoms with Crippen LogP contribution in [0.3, 0.4) is 0 Å². The van der Waals surface area contributed by atoms with Gasteiger partial charge in [-0.3, -0.25) is 0 Å². The maximum atomic E-state index is 9.74. The van der Waals surface area contributed by atoms with E-state index in [2.05, 4.69) is 23.1 Å². The van der Waals surface area contributed by atoms with E-state index < -0.39 is 11.5 Å². The van der Waals surface area contributed by atoms with E-state index in [1.807, 2.05) is 0 Å². The fourth-order valence-corrected chi connectivity index (χ4v) is 0.258. The van der Waals surface area contributed by atoms with E-state index in [0.717, 1.165) is 0 Å². The normalized spacial score (nSPS) is 12.9. The molecule has 0 aromatic heterocycles. The van der Waals surface area contributed by atoms with Gasteiger partial charge in [-0.05, 0) is 19.6 Å². The average molecular weight is 120 g/mol. The van der Waals surface area contributed by atoms with Crippen LogP contribution in [0.4, 0.5) is 4.79 Å². The number of nitrogens with two attached hydrogens (primary N) is 1. The molecule has 1 unspecified atom stereocenters. The molecule has 0 heterocycles. The molecule has 0 aliphatic rings. The Bertz CT molecular complexity index is 73.3. The highest BCUT2D eigenvalue weighted by molar-refractivity contribution is 7.80. The number of rotatable bonds is 1. The zero-order chi connectivity index (χ0) is 5.86. The highest BCUT2D eigenvalue weighted by atomic mass is 32.1. The van der Waals surface area contributed by atoms with Gasteiger partial charge in [0.15, 0.2) is 5.44 Å². The molecule has 1 radical (unpaired) electrons. The van der Waals surface area contributed by atoms with Crippen molar-refractivity contribution in [2.75, 3.05) is 0 Å². The van der Waals surface area contributed by atoms with Gasteiger partial charge < -0.3 is 10.5 Å². The van der Waals surface area contributed by atoms with Gasteiger partial charge in [-0.15, -0.1) is 0 Å². The summed E-state index contributed by atoms with van der Waals surface area (Å²) < 4.78 is 4.20. The minimum atomic E-state index is -0.817. The van der Waals surface area contributed by atoms with Crippen molar-refractivity contribution < 1.29 is 9.53 Å². The summed E-state index contributed by atoms with van der Waals surface area (Å²) in [5.74, 6) is 0. The lowest BCUT2D eigenvalue weighted by Crippen LogP contribution is -2.16. The third-order valence-corrected chi connectivity index (χ3v) is 0.378. The van der Waals surface area contributed by atoms with Crippen LogP contribution < -0.4 is 5.73 Å². The highest BCUT2D eigenvalue weighted by Crippen LogP contribution is 1.92. The van der Waals surface area contributed by atoms with Gasteiger partial charge >= 0.3 is 6.09 Å². The second-order valence-electron chi connectivity index (χ2n) is 1.00. The number of ether oxygens (including phenoxy) is 1. The topological polar surface area (TPSA) is 52.3 Å². The van der Waals surface area contributed by atoms with Gasteiger partial charge in [-0.1, -0.05) is 0 Å². The summed E-state index contributed by atoms with van der Waals surface area (Å²) in [6.07, 6.45) is -0.817. The van der Waals surface area contributed by atoms with E-state index >= 15 is 0 Å². The fourth-order valence-electron chi connectivity index (χ4n) is 0.164. The molecule has 0 aliphatic heterocycles. The summed E-state index contributed by atoms with van der Waals surface area (Å²) in [5.41, 5.74) is 4.05. The van der Waals surface area contributed by atoms with Crippen molar-refractivity contribution >= 4 is 18.7 Å². The lowest BCUT2D eigenvalue weighted by molar-refractivity contribution is 0.152. The summed E-state index contributed by atoms with van der Waals surface area (Å²) in [6.45, 7) is 1.56. The maximum Gasteiger partial charge on any atom is 0.405 e. The lowest BCUT2D eigenvalue weighted by Gasteiger charge is -1.99. The molecule has 41 valence electrons. The Kier molecular flexibility index (Phi) is 2.59. The van der Waals surface area contributed by atoms with E-state index in [1.165, 1.54) is 0 Å². The van der Waals surface area contributed by atoms with Crippen molar-refractivity contribution in [3.05, 3.63) is 0 Å². The molecule has 0 saturated carbocycles. The van der Waals surface area contributed by atoms with Crippen LogP contribution in [0.25, 0.3) is 0 Å². The second-order valence-corrected chi connectivity index (χ2v) is 1.67. The zero-order valence-corrected chi connectivity index (χ0v) is 4.70. The monoisotopic (exact) mass is 120 g/mol. The van der Waals surface area contributed by atoms with E-state index in [4.69, 9.17) is 0 Å². The van der Waals surface area contributed by atoms with E-state index in [9.17, 15) is 4.79 Å². The number of carbonyl (C=O) groups is 1. The van der Waals surface area contributed by atoms with Crippen LogP contribution in [0.2, 0.25) is 0 Å². The predicted molar refractivity (Wildman–Crippen MR) is 27.7 cm³/mol. The van der Waals surface area contributed by atoms with Crippen LogP contribution in [-0.4, -0.2) is 11.5 Å². The molecule has 0 fully saturated rings. The van der Waals surface area contributed by atoms with Gasteiger partial charge in [0.05, 0.1) is 0 Å². The number of primary amides is 1. The molecule has 2 N–H and O–H groups in total. The number of amides is 1. The van der Waals surface area contributed by atoms with Gasteiger partial charge in [0.2, 0.25) is 0 Å². The highest BCUT2D eigenvalue weighted by Gasteiger charge is 1.96. The Morgan fingerprint density at radius 3 is 2.43 bits per heavy atom. The first-order valence-electron chi connectivity index (χ1n) is 1.75. The summed E-state index contributed by atoms with van der Waals surface area (Å²) in [7, 11) is 0. The zero-order valence-electron chi connectivity index (χ0n) is 3.88. The first kappa shape index (κ1) is 6.62. The van der Waals surface area contributed by atoms with Crippen LogP contribution >= 0.6 is 12.6 Å². The fraction of sp³-hybridized carbons (Fsp3) is 0.667. The summed E-state index contributed by atoms with van der Waals surface area (Å²) in [5, 5.41) is 0. The summed E-state index contributed by atoms with van der Waals surface area (Å²) in [4.78, 5) is 9.74. The van der Waals surface area contributed by atoms with Gasteiger partial charge in [0.1, 0.15) is 0 Å². The maximum absolute atomic E-state index is 9.74. The molecule has 0 bridgehead atoms. The lowest BCUT2D eigenvalue weighted by atomic mass is 10.8. The Morgan fingerprint density at radius 2 is 2.43 bits per heavy atom. The molecule has 0 rings (SSSR count). The van der Waals surface area contributed by atoms with Crippen LogP contribution in [0, 0.1) is 0 Å². The quantitative estimate of drug-likeness (QED) is 0.551. The molecule has 1 atom stereocenters. The Labute approximate surface area is 47.2 Å². The Hall–Kier alpha value is -0.380. The van der Waals surface area contributed by atoms with Gasteiger partial charge in [-0.2, -0.15) is 0 Å². The Balaban J connectivity index is 3.13. The molecule has 1 amide bonds. The molecule has 0 aromatic rings. The molecule has 0 spiro atoms. The van der Waals surface area contributed by atoms with Gasteiger partial charge in [0, 0.05) is 0 Å². The van der Waals surface area contributed by atoms with Crippen LogP contribution in [0.1, 0.15) is 6.92 Å². The van der Waals surface area contributed by atoms with Crippen molar-refractivity contribution in [2.24, 2.45) is 5.73 Å². The van der Waals surface area contributed by atoms with Crippen LogP contribution in [0.15, 0.2) is 0 Å². The number of hydrogen-bond acceptors (Lipinski definition) is 2. The number of carbonyl (C=O) groups excluding carboxylic acids is 1. The third-order valence-electron chi connectivity index (χ3n) is 0.282. The van der Waals surface area contributed by atoms with Gasteiger partial charge in [0.25, 0.3) is 0 Å². The van der Waals surface area contributed by atoms with Crippen molar-refractivity contribution in [1.82, 2.24) is 0 Å². The first-order valence-corrected chi connectivity index (χ1v) is 2.22. The minimum absolute atomic E-state index is 0.516. The second kappa shape index (κ2) is 2.74. The van der Waals surface area contributed by atoms with E-state index in [0.29, 0.717) is 0 Å². The largest absolute Gasteiger partial charge is 0.435 e. The SMILES string of the molecule is CC([S])OC(N)=O. The molecule has 4 heteroatoms. The van der Waals surface area contributed by atoms with E-state index in [1.54, 1.807) is 6.92 Å². The molecule has 0 aliphatic carbocycles. The molecule has 0 aromatic carbocycles. The predicted octanol–water partition coefficient (Wildman–Crippen LogP) is 0.625. The molecule has 0 saturated heterocycles. The van der Waals surface area contributed by atoms with Crippen LogP contribution in [-0.2, 0) is 4.74 Å². The molecule has 3 nitrogen and oxygen atoms in total. The van der Waals surface area contributed by atoms with E-state index in [-0.39, 0.29) is 0 Å². The minimum Gasteiger partial charge on any atom is -0.435 e. The van der Waals surface area contributed by atoms with Crippen molar-refractivity contribution in [3.63, 3.8) is 0 Å². The molecular weight excluding hydrogens is 114 g/mol. The van der Waals surface area contributed by atoms with Crippen molar-refractivity contribution in [2.45, 2.75) is 12.4 Å². The first-order chi connectivity index (χ1) is 3.13. The molecule has 7 heavy (non-hydrogen) atoms. The van der Waals surface area contributed by atoms with Crippen molar-refractivity contribution in [3.8, 4) is 0 Å². The summed E-state index contributed by atoms with van der Waals surface area (Å²) >= 11 is 4.43. The molecular formula is C3H6NO2S. The van der Waals surface area contributed by atoms with Crippen molar-refractivity contribution in [1.29, 1.82) is 0 Å². The smallest absolute Gasteiger partial charge is 0.405 e.